The van der Waals surface area contributed by atoms with Crippen molar-refractivity contribution in [3.05, 3.63) is 47.5 Å². The van der Waals surface area contributed by atoms with E-state index in [9.17, 15) is 24.0 Å². The average Bonchev–Trinajstić information content (AvgIpc) is 2.96. The van der Waals surface area contributed by atoms with Gasteiger partial charge in [-0.1, -0.05) is 36.3 Å². The summed E-state index contributed by atoms with van der Waals surface area (Å²) in [5, 5.41) is 2.97. The summed E-state index contributed by atoms with van der Waals surface area (Å²) in [5.41, 5.74) is -2.09. The molecule has 2 unspecified atom stereocenters. The largest absolute Gasteiger partial charge is 0.466 e. The number of amides is 1. The first-order valence-corrected chi connectivity index (χ1v) is 14.5. The minimum Gasteiger partial charge on any atom is -0.466 e. The maximum Gasteiger partial charge on any atom is 0.312 e. The smallest absolute Gasteiger partial charge is 0.312 e. The molecule has 5 rings (SSSR count). The van der Waals surface area contributed by atoms with Crippen LogP contribution in [-0.4, -0.2) is 61.8 Å². The molecule has 4 aliphatic rings. The highest BCUT2D eigenvalue weighted by Crippen LogP contribution is 2.68. The molecule has 10 nitrogen and oxygen atoms in total. The Morgan fingerprint density at radius 1 is 0.707 bits per heavy atom. The summed E-state index contributed by atoms with van der Waals surface area (Å²) < 4.78 is 22.1. The lowest BCUT2D eigenvalue weighted by molar-refractivity contribution is -0.204. The fourth-order valence-corrected chi connectivity index (χ4v) is 7.38. The molecule has 41 heavy (non-hydrogen) atoms. The van der Waals surface area contributed by atoms with E-state index in [4.69, 9.17) is 18.9 Å². The third-order valence-electron chi connectivity index (χ3n) is 8.63. The molecule has 0 aliphatic heterocycles. The Balaban J connectivity index is 2.08. The van der Waals surface area contributed by atoms with Crippen molar-refractivity contribution in [2.24, 2.45) is 29.1 Å². The molecule has 0 saturated heterocycles. The summed E-state index contributed by atoms with van der Waals surface area (Å²) in [6.45, 7) is 6.67. The van der Waals surface area contributed by atoms with Gasteiger partial charge in [-0.3, -0.25) is 24.0 Å². The number of fused-ring (bicyclic) bond motifs is 2. The Bertz CT molecular complexity index is 1160. The molecular formula is C31H39NO9. The molecule has 2 saturated carbocycles. The van der Waals surface area contributed by atoms with E-state index in [0.29, 0.717) is 19.3 Å². The van der Waals surface area contributed by atoms with Crippen LogP contribution in [0.15, 0.2) is 42.0 Å². The second kappa shape index (κ2) is 12.4. The molecule has 0 aromatic heterocycles. The van der Waals surface area contributed by atoms with E-state index in [1.807, 2.05) is 0 Å². The van der Waals surface area contributed by atoms with Gasteiger partial charge in [0.05, 0.1) is 55.6 Å². The monoisotopic (exact) mass is 569 g/mol. The van der Waals surface area contributed by atoms with Crippen LogP contribution in [-0.2, 0) is 38.1 Å². The molecular weight excluding hydrogens is 530 g/mol. The van der Waals surface area contributed by atoms with Crippen LogP contribution in [0, 0.1) is 29.1 Å². The Hall–Kier alpha value is -3.69. The van der Waals surface area contributed by atoms with E-state index < -0.39 is 64.4 Å². The minimum absolute atomic E-state index is 0.00252. The van der Waals surface area contributed by atoms with Gasteiger partial charge in [-0.2, -0.15) is 0 Å². The number of ether oxygens (including phenoxy) is 4. The number of carbonyl (C=O) groups is 5. The van der Waals surface area contributed by atoms with Crippen molar-refractivity contribution in [2.75, 3.05) is 26.4 Å². The van der Waals surface area contributed by atoms with E-state index in [1.54, 1.807) is 64.1 Å². The lowest BCUT2D eigenvalue weighted by Crippen LogP contribution is -2.77. The summed E-state index contributed by atoms with van der Waals surface area (Å²) in [5.74, 6) is -8.64. The Labute approximate surface area is 240 Å². The van der Waals surface area contributed by atoms with E-state index in [1.165, 1.54) is 0 Å². The molecule has 6 atom stereocenters. The highest BCUT2D eigenvalue weighted by molar-refractivity contribution is 5.99. The van der Waals surface area contributed by atoms with Crippen LogP contribution in [0.5, 0.6) is 0 Å². The van der Waals surface area contributed by atoms with Gasteiger partial charge in [0.15, 0.2) is 0 Å². The number of hydrogen-bond donors (Lipinski definition) is 1. The fourth-order valence-electron chi connectivity index (χ4n) is 7.38. The van der Waals surface area contributed by atoms with Crippen molar-refractivity contribution in [3.63, 3.8) is 0 Å². The van der Waals surface area contributed by atoms with Crippen molar-refractivity contribution < 1.29 is 42.9 Å². The number of hydrogen-bond acceptors (Lipinski definition) is 9. The zero-order valence-electron chi connectivity index (χ0n) is 24.1. The first kappa shape index (κ1) is 30.3. The third-order valence-corrected chi connectivity index (χ3v) is 8.63. The highest BCUT2D eigenvalue weighted by Gasteiger charge is 2.77. The van der Waals surface area contributed by atoms with E-state index in [0.717, 1.165) is 12.0 Å². The van der Waals surface area contributed by atoms with Gasteiger partial charge in [0.25, 0.3) is 5.91 Å². The van der Waals surface area contributed by atoms with Gasteiger partial charge in [0.1, 0.15) is 0 Å². The third kappa shape index (κ3) is 5.02. The van der Waals surface area contributed by atoms with Gasteiger partial charge >= 0.3 is 23.9 Å². The summed E-state index contributed by atoms with van der Waals surface area (Å²) >= 11 is 0. The van der Waals surface area contributed by atoms with E-state index in [2.05, 4.69) is 5.32 Å². The van der Waals surface area contributed by atoms with Crippen LogP contribution in [0.3, 0.4) is 0 Å². The molecule has 4 aliphatic carbocycles. The van der Waals surface area contributed by atoms with Crippen molar-refractivity contribution in [1.29, 1.82) is 0 Å². The SMILES string of the molecule is CCOC(=O)[C@@H]1[C@H](C(=O)OCC)C23CCCCC2=CC1(NC(=O)c1ccccc1)[C@@H](C(=O)OCC)[C@H]3C(=O)OCC. The second-order valence-electron chi connectivity index (χ2n) is 10.6. The molecule has 2 bridgehead atoms. The summed E-state index contributed by atoms with van der Waals surface area (Å²) in [6.07, 6.45) is 4.02. The number of rotatable bonds is 10. The molecule has 10 heteroatoms. The molecule has 1 aromatic carbocycles. The standard InChI is InChI=1S/C31H39NO9/c1-5-38-26(34)21-23(28(36)40-7-3)31(32-25(33)19-14-10-9-11-15-19)18-20-16-12-13-17-30(20,21)22(27(35)39-6-2)24(31)29(37)41-8-4/h9-11,14-15,18,21-24H,5-8,12-13,16-17H2,1-4H3,(H,32,33)/t21-,22+,23+,24-,30?,31?. The predicted octanol–water partition coefficient (Wildman–Crippen LogP) is 3.39. The molecule has 1 N–H and O–H groups in total. The van der Waals surface area contributed by atoms with Gasteiger partial charge in [-0.05, 0) is 59.1 Å². The van der Waals surface area contributed by atoms with Gasteiger partial charge in [-0.25, -0.2) is 0 Å². The van der Waals surface area contributed by atoms with Crippen LogP contribution in [0.25, 0.3) is 0 Å². The average molecular weight is 570 g/mol. The zero-order chi connectivity index (χ0) is 29.8. The van der Waals surface area contributed by atoms with Gasteiger partial charge in [0, 0.05) is 11.0 Å². The predicted molar refractivity (Wildman–Crippen MR) is 146 cm³/mol. The summed E-state index contributed by atoms with van der Waals surface area (Å²) in [6, 6.07) is 8.33. The van der Waals surface area contributed by atoms with Gasteiger partial charge in [0.2, 0.25) is 0 Å². The number of allylic oxidation sites excluding steroid dienone is 1. The molecule has 0 heterocycles. The number of nitrogens with one attached hydrogen (secondary N) is 1. The van der Waals surface area contributed by atoms with E-state index in [-0.39, 0.29) is 32.0 Å². The maximum absolute atomic E-state index is 14.0. The number of benzene rings is 1. The van der Waals surface area contributed by atoms with Gasteiger partial charge in [-0.15, -0.1) is 0 Å². The quantitative estimate of drug-likeness (QED) is 0.256. The topological polar surface area (TPSA) is 134 Å². The first-order valence-electron chi connectivity index (χ1n) is 14.5. The number of carbonyl (C=O) groups excluding carboxylic acids is 5. The molecule has 2 fully saturated rings. The Kier molecular flexibility index (Phi) is 9.19. The van der Waals surface area contributed by atoms with E-state index >= 15 is 0 Å². The molecule has 1 amide bonds. The number of esters is 4. The maximum atomic E-state index is 14.0. The van der Waals surface area contributed by atoms with Crippen molar-refractivity contribution in [1.82, 2.24) is 5.32 Å². The lowest BCUT2D eigenvalue weighted by atomic mass is 9.38. The van der Waals surface area contributed by atoms with Crippen LogP contribution in [0.1, 0.15) is 63.7 Å². The molecule has 222 valence electrons. The molecule has 0 radical (unpaired) electrons. The summed E-state index contributed by atoms with van der Waals surface area (Å²) in [4.78, 5) is 69.6. The van der Waals surface area contributed by atoms with Crippen molar-refractivity contribution in [2.45, 2.75) is 58.9 Å². The van der Waals surface area contributed by atoms with Gasteiger partial charge < -0.3 is 24.3 Å². The van der Waals surface area contributed by atoms with Crippen LogP contribution in [0.4, 0.5) is 0 Å². The zero-order valence-corrected chi connectivity index (χ0v) is 24.1. The fraction of sp³-hybridized carbons (Fsp3) is 0.581. The molecule has 1 aromatic rings. The Morgan fingerprint density at radius 3 is 1.63 bits per heavy atom. The van der Waals surface area contributed by atoms with Crippen LogP contribution < -0.4 is 5.32 Å². The highest BCUT2D eigenvalue weighted by atomic mass is 16.5. The Morgan fingerprint density at radius 2 is 1.17 bits per heavy atom. The normalized spacial score (nSPS) is 29.8. The lowest BCUT2D eigenvalue weighted by Gasteiger charge is -2.65. The van der Waals surface area contributed by atoms with Crippen LogP contribution >= 0.6 is 0 Å². The van der Waals surface area contributed by atoms with Crippen LogP contribution in [0.2, 0.25) is 0 Å². The molecule has 1 spiro atoms. The van der Waals surface area contributed by atoms with Crippen molar-refractivity contribution >= 4 is 29.8 Å². The second-order valence-corrected chi connectivity index (χ2v) is 10.6. The minimum atomic E-state index is -1.84. The van der Waals surface area contributed by atoms with Crippen molar-refractivity contribution in [3.8, 4) is 0 Å². The summed E-state index contributed by atoms with van der Waals surface area (Å²) in [7, 11) is 0. The first-order chi connectivity index (χ1) is 19.7.